The van der Waals surface area contributed by atoms with E-state index in [-0.39, 0.29) is 0 Å². The van der Waals surface area contributed by atoms with Crippen molar-refractivity contribution in [3.63, 3.8) is 0 Å². The Balaban J connectivity index is 1.53. The number of H-pyrrole nitrogens is 1. The number of aromatic amines is 1. The molecule has 1 fully saturated rings. The van der Waals surface area contributed by atoms with Crippen molar-refractivity contribution in [2.45, 2.75) is 51.1 Å². The third kappa shape index (κ3) is 2.44. The summed E-state index contributed by atoms with van der Waals surface area (Å²) in [6.45, 7) is 1.80. The van der Waals surface area contributed by atoms with Crippen molar-refractivity contribution in [2.75, 3.05) is 6.54 Å². The third-order valence-corrected chi connectivity index (χ3v) is 4.78. The highest BCUT2D eigenvalue weighted by molar-refractivity contribution is 5.21. The number of nitrogens with one attached hydrogen (secondary N) is 1. The van der Waals surface area contributed by atoms with Crippen LogP contribution in [0.5, 0.6) is 0 Å². The predicted molar refractivity (Wildman–Crippen MR) is 81.0 cm³/mol. The topological polar surface area (TPSA) is 68.8 Å². The fourth-order valence-electron chi connectivity index (χ4n) is 3.68. The minimum absolute atomic E-state index is 0.348. The summed E-state index contributed by atoms with van der Waals surface area (Å²) in [5.74, 6) is 2.37. The molecule has 1 N–H and O–H groups in total. The maximum atomic E-state index is 8.86. The molecule has 0 bridgehead atoms. The van der Waals surface area contributed by atoms with Gasteiger partial charge in [-0.1, -0.05) is 0 Å². The fourth-order valence-corrected chi connectivity index (χ4v) is 3.68. The van der Waals surface area contributed by atoms with Crippen LogP contribution in [0.15, 0.2) is 16.5 Å². The lowest BCUT2D eigenvalue weighted by Gasteiger charge is -2.21. The Morgan fingerprint density at radius 2 is 2.23 bits per heavy atom. The molecule has 2 aromatic heterocycles. The molecule has 5 nitrogen and oxygen atoms in total. The molecule has 114 valence electrons. The van der Waals surface area contributed by atoms with Crippen LogP contribution in [0, 0.1) is 11.3 Å². The molecule has 1 atom stereocenters. The fraction of sp³-hybridized carbons (Fsp3) is 0.529. The number of fused-ring (bicyclic) bond motifs is 1. The SMILES string of the molecule is N#Cc1ccc(CN2CCCC2c2nc3c([nH]2)CCCC3)o1. The minimum Gasteiger partial charge on any atom is -0.449 e. The third-order valence-electron chi connectivity index (χ3n) is 4.78. The van der Waals surface area contributed by atoms with Crippen LogP contribution in [0.25, 0.3) is 0 Å². The van der Waals surface area contributed by atoms with Gasteiger partial charge in [0.1, 0.15) is 17.7 Å². The number of furan rings is 1. The molecule has 0 radical (unpaired) electrons. The highest BCUT2D eigenvalue weighted by Crippen LogP contribution is 2.33. The molecule has 5 heteroatoms. The van der Waals surface area contributed by atoms with E-state index in [0.29, 0.717) is 11.8 Å². The normalized spacial score (nSPS) is 21.7. The molecule has 1 aliphatic heterocycles. The van der Waals surface area contributed by atoms with Gasteiger partial charge in [-0.05, 0) is 57.2 Å². The lowest BCUT2D eigenvalue weighted by molar-refractivity contribution is 0.221. The molecule has 3 heterocycles. The van der Waals surface area contributed by atoms with Gasteiger partial charge in [0.15, 0.2) is 0 Å². The monoisotopic (exact) mass is 296 g/mol. The number of likely N-dealkylation sites (tertiary alicyclic amines) is 1. The van der Waals surface area contributed by atoms with Gasteiger partial charge in [-0.3, -0.25) is 4.90 Å². The van der Waals surface area contributed by atoms with E-state index in [1.165, 1.54) is 30.7 Å². The molecule has 0 amide bonds. The largest absolute Gasteiger partial charge is 0.449 e. The maximum absolute atomic E-state index is 8.86. The molecule has 22 heavy (non-hydrogen) atoms. The van der Waals surface area contributed by atoms with Crippen molar-refractivity contribution in [1.82, 2.24) is 14.9 Å². The van der Waals surface area contributed by atoms with Gasteiger partial charge < -0.3 is 9.40 Å². The smallest absolute Gasteiger partial charge is 0.203 e. The summed E-state index contributed by atoms with van der Waals surface area (Å²) in [5, 5.41) is 8.86. The van der Waals surface area contributed by atoms with E-state index >= 15 is 0 Å². The average molecular weight is 296 g/mol. The second-order valence-corrected chi connectivity index (χ2v) is 6.26. The summed E-state index contributed by atoms with van der Waals surface area (Å²) < 4.78 is 5.53. The molecule has 0 spiro atoms. The first-order valence-corrected chi connectivity index (χ1v) is 8.14. The molecule has 2 aliphatic rings. The summed E-state index contributed by atoms with van der Waals surface area (Å²) in [6.07, 6.45) is 7.10. The lowest BCUT2D eigenvalue weighted by atomic mass is 10.0. The molecule has 1 unspecified atom stereocenters. The van der Waals surface area contributed by atoms with E-state index in [1.807, 2.05) is 12.1 Å². The Kier molecular flexibility index (Phi) is 3.47. The van der Waals surface area contributed by atoms with Crippen LogP contribution >= 0.6 is 0 Å². The van der Waals surface area contributed by atoms with Gasteiger partial charge in [-0.15, -0.1) is 0 Å². The molecular weight excluding hydrogens is 276 g/mol. The quantitative estimate of drug-likeness (QED) is 0.945. The van der Waals surface area contributed by atoms with Gasteiger partial charge in [-0.2, -0.15) is 5.26 Å². The molecule has 2 aromatic rings. The zero-order valence-electron chi connectivity index (χ0n) is 12.6. The van der Waals surface area contributed by atoms with E-state index in [4.69, 9.17) is 14.7 Å². The summed E-state index contributed by atoms with van der Waals surface area (Å²) >= 11 is 0. The van der Waals surface area contributed by atoms with Gasteiger partial charge in [-0.25, -0.2) is 4.98 Å². The Labute approximate surface area is 130 Å². The summed E-state index contributed by atoms with van der Waals surface area (Å²) in [5.41, 5.74) is 2.62. The predicted octanol–water partition coefficient (Wildman–Crippen LogP) is 3.09. The molecule has 0 aromatic carbocycles. The van der Waals surface area contributed by atoms with Crippen LogP contribution in [0.4, 0.5) is 0 Å². The van der Waals surface area contributed by atoms with Crippen LogP contribution in [-0.2, 0) is 19.4 Å². The average Bonchev–Trinajstić information content (AvgIpc) is 3.25. The summed E-state index contributed by atoms with van der Waals surface area (Å²) in [4.78, 5) is 10.8. The Morgan fingerprint density at radius 3 is 3.05 bits per heavy atom. The van der Waals surface area contributed by atoms with Gasteiger partial charge >= 0.3 is 0 Å². The van der Waals surface area contributed by atoms with Crippen molar-refractivity contribution in [1.29, 1.82) is 5.26 Å². The number of hydrogen-bond acceptors (Lipinski definition) is 4. The lowest BCUT2D eigenvalue weighted by Crippen LogP contribution is -2.23. The van der Waals surface area contributed by atoms with E-state index in [1.54, 1.807) is 6.07 Å². The second kappa shape index (κ2) is 5.62. The molecule has 4 rings (SSSR count). The minimum atomic E-state index is 0.348. The van der Waals surface area contributed by atoms with Gasteiger partial charge in [0.25, 0.3) is 0 Å². The van der Waals surface area contributed by atoms with E-state index in [0.717, 1.165) is 43.9 Å². The molecular formula is C17H20N4O. The Bertz CT molecular complexity index is 685. The van der Waals surface area contributed by atoms with Crippen LogP contribution in [0.1, 0.15) is 60.5 Å². The van der Waals surface area contributed by atoms with Crippen molar-refractivity contribution in [3.05, 3.63) is 40.9 Å². The number of nitrogens with zero attached hydrogens (tertiary/aromatic N) is 3. The standard InChI is InChI=1S/C17H20N4O/c18-10-12-7-8-13(22-12)11-21-9-3-6-16(21)17-19-14-4-1-2-5-15(14)20-17/h7-8,16H,1-6,9,11H2,(H,19,20). The van der Waals surface area contributed by atoms with Crippen LogP contribution in [0.3, 0.4) is 0 Å². The Hall–Kier alpha value is -2.06. The van der Waals surface area contributed by atoms with Crippen molar-refractivity contribution in [3.8, 4) is 6.07 Å². The van der Waals surface area contributed by atoms with Gasteiger partial charge in [0.2, 0.25) is 5.76 Å². The maximum Gasteiger partial charge on any atom is 0.203 e. The Morgan fingerprint density at radius 1 is 1.32 bits per heavy atom. The zero-order valence-corrected chi connectivity index (χ0v) is 12.6. The van der Waals surface area contributed by atoms with E-state index in [2.05, 4.69) is 9.88 Å². The second-order valence-electron chi connectivity index (χ2n) is 6.26. The van der Waals surface area contributed by atoms with E-state index < -0.39 is 0 Å². The number of aryl methyl sites for hydroxylation is 2. The number of nitriles is 1. The van der Waals surface area contributed by atoms with Gasteiger partial charge in [0, 0.05) is 5.69 Å². The number of aromatic nitrogens is 2. The van der Waals surface area contributed by atoms with E-state index in [9.17, 15) is 0 Å². The van der Waals surface area contributed by atoms with Crippen molar-refractivity contribution < 1.29 is 4.42 Å². The highest BCUT2D eigenvalue weighted by Gasteiger charge is 2.30. The zero-order chi connectivity index (χ0) is 14.9. The van der Waals surface area contributed by atoms with Crippen molar-refractivity contribution >= 4 is 0 Å². The first kappa shape index (κ1) is 13.6. The first-order valence-electron chi connectivity index (χ1n) is 8.14. The highest BCUT2D eigenvalue weighted by atomic mass is 16.3. The van der Waals surface area contributed by atoms with Crippen molar-refractivity contribution in [2.24, 2.45) is 0 Å². The number of hydrogen-bond donors (Lipinski definition) is 1. The first-order chi connectivity index (χ1) is 10.8. The van der Waals surface area contributed by atoms with Crippen LogP contribution < -0.4 is 0 Å². The summed E-state index contributed by atoms with van der Waals surface area (Å²) in [7, 11) is 0. The van der Waals surface area contributed by atoms with Crippen LogP contribution in [-0.4, -0.2) is 21.4 Å². The summed E-state index contributed by atoms with van der Waals surface area (Å²) in [6, 6.07) is 6.04. The van der Waals surface area contributed by atoms with Gasteiger partial charge in [0.05, 0.1) is 18.3 Å². The number of imidazole rings is 1. The molecule has 0 saturated carbocycles. The molecule has 1 saturated heterocycles. The molecule has 1 aliphatic carbocycles. The number of rotatable bonds is 3. The van der Waals surface area contributed by atoms with Crippen LogP contribution in [0.2, 0.25) is 0 Å².